The number of carbonyl (C=O) groups is 3. The fourth-order valence-corrected chi connectivity index (χ4v) is 4.96. The second kappa shape index (κ2) is 13.1. The predicted octanol–water partition coefficient (Wildman–Crippen LogP) is 8.11. The standard InChI is InChI=1S/C25H26Cl2O3S3/c1-14-19(24(29)32-4)10-16(12-21(14)26)18(8-6-7-9-23(28)31-3)17-11-20(25(30)33-5)15(2)22(27)13-17/h8,10-13H,6-7,9H2,1-5H3. The van der Waals surface area contributed by atoms with Gasteiger partial charge in [0, 0.05) is 27.6 Å². The lowest BCUT2D eigenvalue weighted by Crippen LogP contribution is -2.02. The minimum atomic E-state index is -0.0682. The normalized spacial score (nSPS) is 10.8. The molecule has 0 spiro atoms. The SMILES string of the molecule is CSC(=O)CCCC=C(c1cc(Cl)c(C)c(C(=O)SC)c1)c1cc(Cl)c(C)c(C(=O)SC)c1. The first-order valence-corrected chi connectivity index (χ1v) is 14.6. The van der Waals surface area contributed by atoms with Crippen molar-refractivity contribution >= 4 is 79.4 Å². The lowest BCUT2D eigenvalue weighted by Gasteiger charge is -2.16. The first-order chi connectivity index (χ1) is 15.6. The Morgan fingerprint density at radius 1 is 0.788 bits per heavy atom. The van der Waals surface area contributed by atoms with Crippen LogP contribution in [-0.4, -0.2) is 34.1 Å². The molecule has 0 amide bonds. The van der Waals surface area contributed by atoms with Crippen LogP contribution < -0.4 is 0 Å². The molecule has 3 nitrogen and oxygen atoms in total. The Balaban J connectivity index is 2.67. The molecule has 0 saturated heterocycles. The van der Waals surface area contributed by atoms with E-state index in [2.05, 4.69) is 0 Å². The second-order valence-electron chi connectivity index (χ2n) is 7.33. The Morgan fingerprint density at radius 2 is 1.24 bits per heavy atom. The molecular formula is C25H26Cl2O3S3. The van der Waals surface area contributed by atoms with Crippen molar-refractivity contribution in [3.63, 3.8) is 0 Å². The number of rotatable bonds is 8. The molecule has 0 aromatic heterocycles. The minimum absolute atomic E-state index is 0.0682. The van der Waals surface area contributed by atoms with Crippen LogP contribution in [0.25, 0.3) is 5.57 Å². The molecule has 8 heteroatoms. The first-order valence-electron chi connectivity index (χ1n) is 10.2. The van der Waals surface area contributed by atoms with Crippen LogP contribution in [0.1, 0.15) is 62.2 Å². The number of hydrogen-bond donors (Lipinski definition) is 0. The molecule has 0 atom stereocenters. The highest BCUT2D eigenvalue weighted by molar-refractivity contribution is 8.13. The zero-order valence-corrected chi connectivity index (χ0v) is 23.2. The van der Waals surface area contributed by atoms with E-state index in [1.54, 1.807) is 18.8 Å². The summed E-state index contributed by atoms with van der Waals surface area (Å²) < 4.78 is 0. The molecule has 0 saturated carbocycles. The number of halogens is 2. The Bertz CT molecular complexity index is 1040. The van der Waals surface area contributed by atoms with Crippen LogP contribution in [0.3, 0.4) is 0 Å². The zero-order valence-electron chi connectivity index (χ0n) is 19.2. The van der Waals surface area contributed by atoms with Gasteiger partial charge in [-0.2, -0.15) is 0 Å². The van der Waals surface area contributed by atoms with Crippen LogP contribution in [0.4, 0.5) is 0 Å². The summed E-state index contributed by atoms with van der Waals surface area (Å²) in [5, 5.41) is 0.990. The molecule has 0 unspecified atom stereocenters. The summed E-state index contributed by atoms with van der Waals surface area (Å²) in [7, 11) is 0. The number of carbonyl (C=O) groups excluding carboxylic acids is 3. The summed E-state index contributed by atoms with van der Waals surface area (Å²) in [5.74, 6) is 0. The first kappa shape index (κ1) is 28.1. The molecule has 2 aromatic rings. The van der Waals surface area contributed by atoms with E-state index in [0.29, 0.717) is 40.4 Å². The molecule has 0 heterocycles. The van der Waals surface area contributed by atoms with Crippen molar-refractivity contribution in [3.8, 4) is 0 Å². The molecule has 0 aliphatic rings. The molecule has 0 N–H and O–H groups in total. The Morgan fingerprint density at radius 3 is 1.64 bits per heavy atom. The average molecular weight is 542 g/mol. The molecule has 0 bridgehead atoms. The average Bonchev–Trinajstić information content (AvgIpc) is 2.81. The van der Waals surface area contributed by atoms with E-state index < -0.39 is 0 Å². The number of benzene rings is 2. The molecule has 33 heavy (non-hydrogen) atoms. The summed E-state index contributed by atoms with van der Waals surface area (Å²) >= 11 is 16.5. The number of unbranched alkanes of at least 4 members (excludes halogenated alkanes) is 1. The van der Waals surface area contributed by atoms with Crippen LogP contribution in [0, 0.1) is 13.8 Å². The van der Waals surface area contributed by atoms with Gasteiger partial charge in [0.05, 0.1) is 0 Å². The number of allylic oxidation sites excluding steroid dienone is 1. The lowest BCUT2D eigenvalue weighted by molar-refractivity contribution is -0.111. The van der Waals surface area contributed by atoms with E-state index in [4.69, 9.17) is 23.2 Å². The highest BCUT2D eigenvalue weighted by Crippen LogP contribution is 2.35. The third kappa shape index (κ3) is 7.15. The van der Waals surface area contributed by atoms with Gasteiger partial charge >= 0.3 is 0 Å². The Hall–Kier alpha value is -1.18. The van der Waals surface area contributed by atoms with Gasteiger partial charge in [-0.05, 0) is 97.5 Å². The number of hydrogen-bond acceptors (Lipinski definition) is 6. The van der Waals surface area contributed by atoms with Crippen molar-refractivity contribution in [2.45, 2.75) is 33.1 Å². The fraction of sp³-hybridized carbons (Fsp3) is 0.320. The molecule has 2 rings (SSSR count). The van der Waals surface area contributed by atoms with Crippen molar-refractivity contribution in [1.29, 1.82) is 0 Å². The fourth-order valence-electron chi connectivity index (χ4n) is 3.31. The van der Waals surface area contributed by atoms with Gasteiger partial charge in [0.2, 0.25) is 10.2 Å². The van der Waals surface area contributed by atoms with Crippen LogP contribution in [0.15, 0.2) is 30.3 Å². The van der Waals surface area contributed by atoms with E-state index >= 15 is 0 Å². The lowest BCUT2D eigenvalue weighted by atomic mass is 9.91. The van der Waals surface area contributed by atoms with Crippen LogP contribution in [0.5, 0.6) is 0 Å². The Labute approximate surface area is 218 Å². The second-order valence-corrected chi connectivity index (χ2v) is 10.6. The smallest absolute Gasteiger partial charge is 0.219 e. The third-order valence-electron chi connectivity index (χ3n) is 5.28. The minimum Gasteiger partial charge on any atom is -0.287 e. The van der Waals surface area contributed by atoms with E-state index in [1.165, 1.54) is 11.8 Å². The summed E-state index contributed by atoms with van der Waals surface area (Å²) in [6.45, 7) is 3.65. The van der Waals surface area contributed by atoms with Crippen molar-refractivity contribution < 1.29 is 14.4 Å². The molecule has 0 radical (unpaired) electrons. The molecule has 2 aromatic carbocycles. The molecule has 0 fully saturated rings. The third-order valence-corrected chi connectivity index (χ3v) is 7.91. The monoisotopic (exact) mass is 540 g/mol. The van der Waals surface area contributed by atoms with E-state index in [1.807, 2.05) is 44.2 Å². The quantitative estimate of drug-likeness (QED) is 0.315. The topological polar surface area (TPSA) is 51.2 Å². The zero-order chi connectivity index (χ0) is 24.7. The maximum absolute atomic E-state index is 12.5. The largest absolute Gasteiger partial charge is 0.287 e. The van der Waals surface area contributed by atoms with Crippen molar-refractivity contribution in [2.24, 2.45) is 0 Å². The summed E-state index contributed by atoms with van der Waals surface area (Å²) in [6, 6.07) is 7.33. The molecular weight excluding hydrogens is 515 g/mol. The van der Waals surface area contributed by atoms with Crippen molar-refractivity contribution in [1.82, 2.24) is 0 Å². The van der Waals surface area contributed by atoms with Gasteiger partial charge in [-0.1, -0.05) is 64.6 Å². The van der Waals surface area contributed by atoms with Crippen LogP contribution in [0.2, 0.25) is 10.0 Å². The van der Waals surface area contributed by atoms with Gasteiger partial charge in [0.25, 0.3) is 0 Å². The van der Waals surface area contributed by atoms with Crippen LogP contribution >= 0.6 is 58.5 Å². The number of thioether (sulfide) groups is 3. The van der Waals surface area contributed by atoms with Crippen molar-refractivity contribution in [2.75, 3.05) is 18.8 Å². The van der Waals surface area contributed by atoms with Crippen LogP contribution in [-0.2, 0) is 4.79 Å². The van der Waals surface area contributed by atoms with Gasteiger partial charge in [-0.15, -0.1) is 0 Å². The van der Waals surface area contributed by atoms with Crippen molar-refractivity contribution in [3.05, 3.63) is 73.8 Å². The predicted molar refractivity (Wildman–Crippen MR) is 148 cm³/mol. The highest BCUT2D eigenvalue weighted by Gasteiger charge is 2.18. The van der Waals surface area contributed by atoms with Gasteiger partial charge in [0.1, 0.15) is 0 Å². The Kier molecular flexibility index (Phi) is 11.1. The maximum atomic E-state index is 12.5. The van der Waals surface area contributed by atoms with Gasteiger partial charge in [-0.3, -0.25) is 14.4 Å². The summed E-state index contributed by atoms with van der Waals surface area (Å²) in [4.78, 5) is 36.7. The summed E-state index contributed by atoms with van der Waals surface area (Å²) in [5.41, 5.74) is 4.90. The molecule has 0 aliphatic carbocycles. The van der Waals surface area contributed by atoms with Gasteiger partial charge in [-0.25, -0.2) is 0 Å². The molecule has 0 aliphatic heterocycles. The maximum Gasteiger partial charge on any atom is 0.219 e. The molecule has 176 valence electrons. The van der Waals surface area contributed by atoms with Gasteiger partial charge in [0.15, 0.2) is 5.12 Å². The van der Waals surface area contributed by atoms with E-state index in [9.17, 15) is 14.4 Å². The summed E-state index contributed by atoms with van der Waals surface area (Å²) in [6.07, 6.45) is 9.09. The van der Waals surface area contributed by atoms with E-state index in [0.717, 1.165) is 51.4 Å². The van der Waals surface area contributed by atoms with Gasteiger partial charge < -0.3 is 0 Å². The highest BCUT2D eigenvalue weighted by atomic mass is 35.5. The van der Waals surface area contributed by atoms with E-state index in [-0.39, 0.29) is 15.3 Å².